The second-order valence-corrected chi connectivity index (χ2v) is 6.13. The molecule has 0 atom stereocenters. The van der Waals surface area contributed by atoms with Crippen LogP contribution in [0.5, 0.6) is 0 Å². The molecule has 0 aliphatic carbocycles. The Bertz CT molecular complexity index is 950. The number of hydrogen-bond donors (Lipinski definition) is 1. The third-order valence-corrected chi connectivity index (χ3v) is 4.10. The second kappa shape index (κ2) is 7.61. The summed E-state index contributed by atoms with van der Waals surface area (Å²) in [5.41, 5.74) is 2.56. The van der Waals surface area contributed by atoms with E-state index in [1.54, 1.807) is 30.5 Å². The van der Waals surface area contributed by atoms with E-state index < -0.39 is 11.7 Å². The van der Waals surface area contributed by atoms with E-state index in [-0.39, 0.29) is 12.5 Å². The minimum Gasteiger partial charge on any atom is -0.346 e. The summed E-state index contributed by atoms with van der Waals surface area (Å²) in [6, 6.07) is 15.3. The van der Waals surface area contributed by atoms with Gasteiger partial charge in [0.15, 0.2) is 0 Å². The Balaban J connectivity index is 1.82. The van der Waals surface area contributed by atoms with Gasteiger partial charge < -0.3 is 5.32 Å². The molecule has 138 valence electrons. The third kappa shape index (κ3) is 4.53. The average molecular weight is 370 g/mol. The van der Waals surface area contributed by atoms with Crippen molar-refractivity contribution in [3.63, 3.8) is 0 Å². The second-order valence-electron chi connectivity index (χ2n) is 6.13. The molecule has 3 nitrogen and oxygen atoms in total. The van der Waals surface area contributed by atoms with Crippen molar-refractivity contribution in [1.82, 2.24) is 10.3 Å². The summed E-state index contributed by atoms with van der Waals surface area (Å²) in [7, 11) is 0. The maximum absolute atomic E-state index is 12.7. The predicted octanol–water partition coefficient (Wildman–Crippen LogP) is 5.01. The predicted molar refractivity (Wildman–Crippen MR) is 97.0 cm³/mol. The van der Waals surface area contributed by atoms with Crippen LogP contribution in [0.4, 0.5) is 13.2 Å². The van der Waals surface area contributed by atoms with Crippen LogP contribution in [0.2, 0.25) is 0 Å². The molecule has 1 N–H and O–H groups in total. The lowest BCUT2D eigenvalue weighted by Gasteiger charge is -2.12. The molecule has 0 spiro atoms. The normalized spacial score (nSPS) is 11.3. The number of amides is 1. The lowest BCUT2D eigenvalue weighted by atomic mass is 9.98. The molecule has 0 unspecified atom stereocenters. The Morgan fingerprint density at radius 1 is 1.04 bits per heavy atom. The minimum absolute atomic E-state index is 0.266. The number of alkyl halides is 3. The first-order valence-corrected chi connectivity index (χ1v) is 8.31. The van der Waals surface area contributed by atoms with Crippen molar-refractivity contribution in [1.29, 1.82) is 0 Å². The van der Waals surface area contributed by atoms with Gasteiger partial charge in [0.2, 0.25) is 0 Å². The molecule has 6 heteroatoms. The monoisotopic (exact) mass is 370 g/mol. The Labute approximate surface area is 154 Å². The van der Waals surface area contributed by atoms with Crippen LogP contribution >= 0.6 is 0 Å². The summed E-state index contributed by atoms with van der Waals surface area (Å²) in [6.45, 7) is 2.20. The van der Waals surface area contributed by atoms with Crippen LogP contribution in [-0.4, -0.2) is 10.9 Å². The fourth-order valence-corrected chi connectivity index (χ4v) is 2.73. The summed E-state index contributed by atoms with van der Waals surface area (Å²) in [5.74, 6) is -0.311. The molecule has 0 fully saturated rings. The highest BCUT2D eigenvalue weighted by Gasteiger charge is 2.30. The molecule has 0 bridgehead atoms. The highest BCUT2D eigenvalue weighted by molar-refractivity contribution is 6.00. The zero-order valence-electron chi connectivity index (χ0n) is 14.5. The van der Waals surface area contributed by atoms with Crippen LogP contribution in [0, 0.1) is 6.92 Å². The van der Waals surface area contributed by atoms with E-state index in [4.69, 9.17) is 0 Å². The molecule has 2 aromatic carbocycles. The molecule has 1 amide bonds. The zero-order valence-corrected chi connectivity index (χ0v) is 14.5. The van der Waals surface area contributed by atoms with E-state index in [0.29, 0.717) is 16.7 Å². The van der Waals surface area contributed by atoms with Crippen molar-refractivity contribution >= 4 is 5.91 Å². The molecule has 0 saturated heterocycles. The van der Waals surface area contributed by atoms with Crippen LogP contribution in [0.15, 0.2) is 66.9 Å². The molecule has 0 aliphatic heterocycles. The zero-order chi connectivity index (χ0) is 19.4. The fourth-order valence-electron chi connectivity index (χ4n) is 2.73. The quantitative estimate of drug-likeness (QED) is 0.702. The number of benzene rings is 2. The first kappa shape index (κ1) is 18.6. The number of nitrogens with one attached hydrogen (secondary N) is 1. The van der Waals surface area contributed by atoms with E-state index in [9.17, 15) is 18.0 Å². The number of hydrogen-bond acceptors (Lipinski definition) is 2. The molecule has 1 aromatic heterocycles. The van der Waals surface area contributed by atoms with Crippen LogP contribution in [0.1, 0.15) is 27.2 Å². The smallest absolute Gasteiger partial charge is 0.346 e. The lowest BCUT2D eigenvalue weighted by molar-refractivity contribution is -0.137. The van der Waals surface area contributed by atoms with E-state index >= 15 is 0 Å². The van der Waals surface area contributed by atoms with Gasteiger partial charge in [-0.3, -0.25) is 9.78 Å². The number of aromatic nitrogens is 1. The topological polar surface area (TPSA) is 42.0 Å². The number of halogens is 3. The van der Waals surface area contributed by atoms with Gasteiger partial charge in [-0.2, -0.15) is 13.2 Å². The van der Waals surface area contributed by atoms with Gasteiger partial charge in [0, 0.05) is 11.8 Å². The van der Waals surface area contributed by atoms with Crippen LogP contribution < -0.4 is 5.32 Å². The van der Waals surface area contributed by atoms with Crippen molar-refractivity contribution in [2.24, 2.45) is 0 Å². The molecule has 27 heavy (non-hydrogen) atoms. The van der Waals surface area contributed by atoms with Crippen LogP contribution in [0.25, 0.3) is 11.1 Å². The first-order chi connectivity index (χ1) is 12.8. The Hall–Kier alpha value is -3.15. The average Bonchev–Trinajstić information content (AvgIpc) is 2.65. The molecule has 1 heterocycles. The molecule has 0 aliphatic rings. The summed E-state index contributed by atoms with van der Waals surface area (Å²) in [6.07, 6.45) is -2.72. The highest BCUT2D eigenvalue weighted by atomic mass is 19.4. The van der Waals surface area contributed by atoms with Gasteiger partial charge in [0.25, 0.3) is 5.91 Å². The summed E-state index contributed by atoms with van der Waals surface area (Å²) in [5, 5.41) is 2.81. The van der Waals surface area contributed by atoms with E-state index in [1.165, 1.54) is 12.1 Å². The number of rotatable bonds is 4. The highest BCUT2D eigenvalue weighted by Crippen LogP contribution is 2.31. The van der Waals surface area contributed by atoms with Gasteiger partial charge in [-0.05, 0) is 53.9 Å². The largest absolute Gasteiger partial charge is 0.416 e. The summed E-state index contributed by atoms with van der Waals surface area (Å²) in [4.78, 5) is 16.8. The van der Waals surface area contributed by atoms with Gasteiger partial charge in [0.05, 0.1) is 17.8 Å². The first-order valence-electron chi connectivity index (χ1n) is 8.31. The molecule has 3 rings (SSSR count). The molecular formula is C21H17F3N2O. The SMILES string of the molecule is Cc1ccnc(CNC(=O)c2ccccc2-c2ccc(C(F)(F)F)cc2)c1. The van der Waals surface area contributed by atoms with Crippen molar-refractivity contribution < 1.29 is 18.0 Å². The molecule has 0 radical (unpaired) electrons. The molecule has 3 aromatic rings. The van der Waals surface area contributed by atoms with Gasteiger partial charge in [-0.1, -0.05) is 30.3 Å². The fraction of sp³-hybridized carbons (Fsp3) is 0.143. The van der Waals surface area contributed by atoms with Crippen molar-refractivity contribution in [3.05, 3.63) is 89.2 Å². The Morgan fingerprint density at radius 2 is 1.74 bits per heavy atom. The van der Waals surface area contributed by atoms with Gasteiger partial charge in [-0.15, -0.1) is 0 Å². The van der Waals surface area contributed by atoms with Gasteiger partial charge >= 0.3 is 6.18 Å². The minimum atomic E-state index is -4.39. The van der Waals surface area contributed by atoms with Crippen molar-refractivity contribution in [2.45, 2.75) is 19.6 Å². The Morgan fingerprint density at radius 3 is 2.41 bits per heavy atom. The number of carbonyl (C=O) groups is 1. The van der Waals surface area contributed by atoms with Gasteiger partial charge in [-0.25, -0.2) is 0 Å². The van der Waals surface area contributed by atoms with E-state index in [0.717, 1.165) is 23.4 Å². The summed E-state index contributed by atoms with van der Waals surface area (Å²) < 4.78 is 38.2. The number of nitrogens with zero attached hydrogens (tertiary/aromatic N) is 1. The van der Waals surface area contributed by atoms with E-state index in [1.807, 2.05) is 19.1 Å². The Kier molecular flexibility index (Phi) is 5.26. The molecule has 0 saturated carbocycles. The summed E-state index contributed by atoms with van der Waals surface area (Å²) >= 11 is 0. The maximum atomic E-state index is 12.7. The van der Waals surface area contributed by atoms with Crippen LogP contribution in [-0.2, 0) is 12.7 Å². The van der Waals surface area contributed by atoms with E-state index in [2.05, 4.69) is 10.3 Å². The van der Waals surface area contributed by atoms with Crippen molar-refractivity contribution in [3.8, 4) is 11.1 Å². The number of pyridine rings is 1. The lowest BCUT2D eigenvalue weighted by Crippen LogP contribution is -2.24. The van der Waals surface area contributed by atoms with Crippen molar-refractivity contribution in [2.75, 3.05) is 0 Å². The number of carbonyl (C=O) groups excluding carboxylic acids is 1. The third-order valence-electron chi connectivity index (χ3n) is 4.10. The number of aryl methyl sites for hydroxylation is 1. The van der Waals surface area contributed by atoms with Crippen LogP contribution in [0.3, 0.4) is 0 Å². The standard InChI is InChI=1S/C21H17F3N2O/c1-14-10-11-25-17(12-14)13-26-20(27)19-5-3-2-4-18(19)15-6-8-16(9-7-15)21(22,23)24/h2-12H,13H2,1H3,(H,26,27). The maximum Gasteiger partial charge on any atom is 0.416 e. The molecular weight excluding hydrogens is 353 g/mol. The van der Waals surface area contributed by atoms with Gasteiger partial charge in [0.1, 0.15) is 0 Å².